The minimum atomic E-state index is -0.468. The van der Waals surface area contributed by atoms with Crippen LogP contribution >= 0.6 is 0 Å². The molecule has 1 fully saturated rings. The number of aryl methyl sites for hydroxylation is 1. The normalized spacial score (nSPS) is 16.7. The van der Waals surface area contributed by atoms with Crippen molar-refractivity contribution >= 4 is 28.6 Å². The molecule has 0 saturated carbocycles. The summed E-state index contributed by atoms with van der Waals surface area (Å²) in [5.41, 5.74) is 1.38. The number of nitrogens with one attached hydrogen (secondary N) is 2. The Balaban J connectivity index is 1.74. The van der Waals surface area contributed by atoms with E-state index in [1.54, 1.807) is 29.9 Å². The topological polar surface area (TPSA) is 126 Å². The summed E-state index contributed by atoms with van der Waals surface area (Å²) in [6.07, 6.45) is 0.963. The van der Waals surface area contributed by atoms with E-state index in [2.05, 4.69) is 15.7 Å². The van der Waals surface area contributed by atoms with Crippen LogP contribution in [0.3, 0.4) is 0 Å². The smallest absolute Gasteiger partial charge is 0.257 e. The second kappa shape index (κ2) is 7.86. The number of aromatic nitrogens is 2. The Hall–Kier alpha value is -3.41. The monoisotopic (exact) mass is 369 g/mol. The molecule has 3 rings (SSSR count). The third kappa shape index (κ3) is 4.06. The number of carbonyl (C=O) groups is 3. The van der Waals surface area contributed by atoms with Crippen molar-refractivity contribution in [2.75, 3.05) is 13.2 Å². The number of hydrogen-bond acceptors (Lipinski definition) is 6. The zero-order valence-electron chi connectivity index (χ0n) is 14.8. The van der Waals surface area contributed by atoms with Crippen molar-refractivity contribution in [3.8, 4) is 11.8 Å². The summed E-state index contributed by atoms with van der Waals surface area (Å²) in [7, 11) is 1.76. The zero-order chi connectivity index (χ0) is 19.4. The number of carbonyl (C=O) groups excluding carboxylic acids is 3. The molecule has 140 valence electrons. The van der Waals surface area contributed by atoms with Gasteiger partial charge in [0.05, 0.1) is 29.6 Å². The van der Waals surface area contributed by atoms with Gasteiger partial charge in [-0.05, 0) is 18.6 Å². The quantitative estimate of drug-likeness (QED) is 0.564. The van der Waals surface area contributed by atoms with Gasteiger partial charge in [0, 0.05) is 31.5 Å². The number of fused-ring (bicyclic) bond motifs is 1. The minimum Gasteiger partial charge on any atom is -0.484 e. The van der Waals surface area contributed by atoms with Crippen LogP contribution in [0.25, 0.3) is 10.9 Å². The van der Waals surface area contributed by atoms with Crippen LogP contribution in [-0.4, -0.2) is 40.7 Å². The molecule has 1 aliphatic rings. The van der Waals surface area contributed by atoms with Gasteiger partial charge < -0.3 is 10.1 Å². The highest BCUT2D eigenvalue weighted by Crippen LogP contribution is 2.31. The van der Waals surface area contributed by atoms with E-state index in [4.69, 9.17) is 10.00 Å². The first-order valence-electron chi connectivity index (χ1n) is 8.56. The summed E-state index contributed by atoms with van der Waals surface area (Å²) < 4.78 is 7.14. The van der Waals surface area contributed by atoms with E-state index in [1.165, 1.54) is 0 Å². The van der Waals surface area contributed by atoms with Gasteiger partial charge in [0.2, 0.25) is 11.8 Å². The molecule has 1 unspecified atom stereocenters. The third-order valence-corrected chi connectivity index (χ3v) is 4.35. The highest BCUT2D eigenvalue weighted by molar-refractivity contribution is 6.02. The number of rotatable bonds is 6. The van der Waals surface area contributed by atoms with E-state index in [9.17, 15) is 14.4 Å². The maximum atomic E-state index is 12.1. The molecule has 0 bridgehead atoms. The number of amides is 3. The molecule has 2 heterocycles. The van der Waals surface area contributed by atoms with Crippen LogP contribution in [0.1, 0.15) is 30.9 Å². The van der Waals surface area contributed by atoms with Crippen LogP contribution in [0.4, 0.5) is 0 Å². The van der Waals surface area contributed by atoms with Crippen molar-refractivity contribution in [3.05, 3.63) is 23.9 Å². The lowest BCUT2D eigenvalue weighted by Crippen LogP contribution is -2.39. The highest BCUT2D eigenvalue weighted by Gasteiger charge is 2.31. The van der Waals surface area contributed by atoms with Gasteiger partial charge in [-0.2, -0.15) is 10.4 Å². The summed E-state index contributed by atoms with van der Waals surface area (Å²) in [6.45, 7) is 0.129. The van der Waals surface area contributed by atoms with Gasteiger partial charge in [-0.1, -0.05) is 0 Å². The van der Waals surface area contributed by atoms with Crippen LogP contribution in [-0.2, 0) is 21.4 Å². The molecule has 3 amide bonds. The lowest BCUT2D eigenvalue weighted by atomic mass is 9.93. The predicted molar refractivity (Wildman–Crippen MR) is 94.6 cm³/mol. The molecular weight excluding hydrogens is 350 g/mol. The van der Waals surface area contributed by atoms with Gasteiger partial charge >= 0.3 is 0 Å². The summed E-state index contributed by atoms with van der Waals surface area (Å²) in [6, 6.07) is 7.20. The number of benzene rings is 1. The molecule has 1 saturated heterocycles. The summed E-state index contributed by atoms with van der Waals surface area (Å²) in [5, 5.41) is 18.6. The number of piperidine rings is 1. The Morgan fingerprint density at radius 1 is 1.48 bits per heavy atom. The van der Waals surface area contributed by atoms with Gasteiger partial charge in [0.1, 0.15) is 5.75 Å². The Morgan fingerprint density at radius 3 is 3.04 bits per heavy atom. The van der Waals surface area contributed by atoms with Gasteiger partial charge in [-0.15, -0.1) is 0 Å². The van der Waals surface area contributed by atoms with Crippen molar-refractivity contribution in [2.24, 2.45) is 7.05 Å². The van der Waals surface area contributed by atoms with Crippen LogP contribution in [0.15, 0.2) is 18.2 Å². The van der Waals surface area contributed by atoms with Crippen LogP contribution in [0.5, 0.6) is 5.75 Å². The van der Waals surface area contributed by atoms with E-state index in [0.717, 1.165) is 10.9 Å². The van der Waals surface area contributed by atoms with Crippen LogP contribution in [0, 0.1) is 11.3 Å². The van der Waals surface area contributed by atoms with E-state index >= 15 is 0 Å². The maximum absolute atomic E-state index is 12.1. The van der Waals surface area contributed by atoms with Crippen molar-refractivity contribution < 1.29 is 19.1 Å². The first-order valence-corrected chi connectivity index (χ1v) is 8.56. The van der Waals surface area contributed by atoms with E-state index < -0.39 is 5.92 Å². The summed E-state index contributed by atoms with van der Waals surface area (Å²) >= 11 is 0. The van der Waals surface area contributed by atoms with Gasteiger partial charge in [-0.3, -0.25) is 24.4 Å². The molecular formula is C18H19N5O4. The van der Waals surface area contributed by atoms with Crippen molar-refractivity contribution in [2.45, 2.75) is 25.2 Å². The van der Waals surface area contributed by atoms with Gasteiger partial charge in [0.15, 0.2) is 6.61 Å². The Morgan fingerprint density at radius 2 is 2.30 bits per heavy atom. The molecule has 0 aliphatic carbocycles. The van der Waals surface area contributed by atoms with Crippen molar-refractivity contribution in [1.82, 2.24) is 20.4 Å². The van der Waals surface area contributed by atoms with Gasteiger partial charge in [-0.25, -0.2) is 0 Å². The van der Waals surface area contributed by atoms with Crippen molar-refractivity contribution in [1.29, 1.82) is 5.26 Å². The molecule has 1 aliphatic heterocycles. The average Bonchev–Trinajstić information content (AvgIpc) is 2.96. The first-order chi connectivity index (χ1) is 13.0. The number of nitrogens with zero attached hydrogens (tertiary/aromatic N) is 3. The Bertz CT molecular complexity index is 943. The molecule has 9 nitrogen and oxygen atoms in total. The van der Waals surface area contributed by atoms with Crippen LogP contribution in [0.2, 0.25) is 0 Å². The minimum absolute atomic E-state index is 0.158. The van der Waals surface area contributed by atoms with Crippen molar-refractivity contribution in [3.63, 3.8) is 0 Å². The number of hydrogen-bond donors (Lipinski definition) is 2. The molecule has 1 aromatic heterocycles. The van der Waals surface area contributed by atoms with Crippen LogP contribution < -0.4 is 15.4 Å². The molecule has 0 spiro atoms. The average molecular weight is 369 g/mol. The van der Waals surface area contributed by atoms with E-state index in [0.29, 0.717) is 17.9 Å². The molecule has 2 aromatic rings. The fourth-order valence-electron chi connectivity index (χ4n) is 3.02. The lowest BCUT2D eigenvalue weighted by molar-refractivity contribution is -0.134. The fraction of sp³-hybridized carbons (Fsp3) is 0.389. The predicted octanol–water partition coefficient (Wildman–Crippen LogP) is 0.502. The first kappa shape index (κ1) is 18.4. The second-order valence-electron chi connectivity index (χ2n) is 6.24. The van der Waals surface area contributed by atoms with E-state index in [-0.39, 0.29) is 43.7 Å². The fourth-order valence-corrected chi connectivity index (χ4v) is 3.02. The Labute approximate surface area is 155 Å². The number of nitriles is 1. The molecule has 0 radical (unpaired) electrons. The summed E-state index contributed by atoms with van der Waals surface area (Å²) in [4.78, 5) is 35.2. The third-order valence-electron chi connectivity index (χ3n) is 4.35. The lowest BCUT2D eigenvalue weighted by Gasteiger charge is -2.19. The largest absolute Gasteiger partial charge is 0.484 e. The number of imide groups is 1. The second-order valence-corrected chi connectivity index (χ2v) is 6.24. The molecule has 27 heavy (non-hydrogen) atoms. The molecule has 2 N–H and O–H groups in total. The Kier molecular flexibility index (Phi) is 5.35. The molecule has 1 atom stereocenters. The van der Waals surface area contributed by atoms with Gasteiger partial charge in [0.25, 0.3) is 5.91 Å². The SMILES string of the molecule is Cn1nc(C2CCC(=O)NC2=O)c2ccc(OCC(=O)NCCC#N)cc21. The maximum Gasteiger partial charge on any atom is 0.257 e. The molecule has 1 aromatic carbocycles. The molecule has 9 heteroatoms. The highest BCUT2D eigenvalue weighted by atomic mass is 16.5. The zero-order valence-corrected chi connectivity index (χ0v) is 14.8. The van der Waals surface area contributed by atoms with E-state index in [1.807, 2.05) is 6.07 Å². The standard InChI is InChI=1S/C18H19N5O4/c1-23-14-9-11(27-10-16(25)20-8-2-7-19)3-4-12(14)17(22-23)13-5-6-15(24)21-18(13)26/h3-4,9,13H,2,5-6,8,10H2,1H3,(H,20,25)(H,21,24,26). The summed E-state index contributed by atoms with van der Waals surface area (Å²) in [5.74, 6) is -0.875. The number of ether oxygens (including phenoxy) is 1.